The molecule has 2 fully saturated rings. The summed E-state index contributed by atoms with van der Waals surface area (Å²) in [5.74, 6) is 0. The van der Waals surface area contributed by atoms with Gasteiger partial charge in [0.2, 0.25) is 0 Å². The minimum absolute atomic E-state index is 0.360. The van der Waals surface area contributed by atoms with Crippen molar-refractivity contribution in [3.05, 3.63) is 73.0 Å². The van der Waals surface area contributed by atoms with Gasteiger partial charge in [-0.05, 0) is 156 Å². The second-order valence-corrected chi connectivity index (χ2v) is 14.8. The molecule has 0 aromatic carbocycles. The lowest BCUT2D eigenvalue weighted by atomic mass is 9.49. The molecule has 0 atom stereocenters. The van der Waals surface area contributed by atoms with Crippen LogP contribution in [0.5, 0.6) is 0 Å². The first-order chi connectivity index (χ1) is 18.4. The molecule has 0 spiro atoms. The lowest BCUT2D eigenvalue weighted by Crippen LogP contribution is -2.41. The lowest BCUT2D eigenvalue weighted by Gasteiger charge is -2.32. The highest BCUT2D eigenvalue weighted by Crippen LogP contribution is 2.42. The molecule has 2 aliphatic rings. The van der Waals surface area contributed by atoms with Crippen molar-refractivity contribution < 1.29 is 18.6 Å². The molecule has 214 valence electrons. The summed E-state index contributed by atoms with van der Waals surface area (Å²) < 4.78 is 27.7. The summed E-state index contributed by atoms with van der Waals surface area (Å²) in [7, 11) is -0.952. The number of rotatable bonds is 2. The molecule has 2 aliphatic heterocycles. The maximum absolute atomic E-state index is 5.96. The van der Waals surface area contributed by atoms with E-state index in [2.05, 4.69) is 78.7 Å². The fourth-order valence-electron chi connectivity index (χ4n) is 3.41. The van der Waals surface area contributed by atoms with Crippen molar-refractivity contribution in [2.45, 2.75) is 77.8 Å². The molecule has 3 aromatic rings. The van der Waals surface area contributed by atoms with Crippen LogP contribution in [0.3, 0.4) is 0 Å². The van der Waals surface area contributed by atoms with E-state index in [4.69, 9.17) is 18.6 Å². The van der Waals surface area contributed by atoms with Gasteiger partial charge in [0.05, 0.1) is 33.8 Å². The Balaban J connectivity index is 0.000000178. The third kappa shape index (κ3) is 8.69. The lowest BCUT2D eigenvalue weighted by molar-refractivity contribution is 0.00578. The molecule has 3 aromatic heterocycles. The van der Waals surface area contributed by atoms with E-state index in [0.717, 1.165) is 29.4 Å². The van der Waals surface area contributed by atoms with Gasteiger partial charge in [-0.1, -0.05) is 0 Å². The highest BCUT2D eigenvalue weighted by Gasteiger charge is 2.63. The number of hydrogen-bond donors (Lipinski definition) is 0. The van der Waals surface area contributed by atoms with Crippen LogP contribution in [0.4, 0.5) is 0 Å². The summed E-state index contributed by atoms with van der Waals surface area (Å²) in [5, 5.41) is 0. The standard InChI is InChI=1S/C12H24B2O4.C10H6Br2N2.C5H3Br2N/c1-9(2)10(3,4)16-13(15-9)14-17-11(5,6)12(7,8)18-14;11-7-1-3-9(13-5-7)10-4-2-8(12)6-14-10;6-4-1-2-5(7)8-3-4/h1-8H3;1-6H;1-3H. The average Bonchev–Trinajstić information content (AvgIpc) is 3.22. The SMILES string of the molecule is Brc1ccc(-c2ccc(Br)cn2)nc1.Brc1ccc(Br)nc1.CC1(C)OB(B2OC(C)(C)C(C)(C)O2)OC1(C)C. The van der Waals surface area contributed by atoms with Crippen LogP contribution in [-0.4, -0.2) is 51.4 Å². The Morgan fingerprint density at radius 2 is 0.775 bits per heavy atom. The number of pyridine rings is 3. The van der Waals surface area contributed by atoms with Crippen molar-refractivity contribution in [2.75, 3.05) is 0 Å². The largest absolute Gasteiger partial charge is 0.488 e. The van der Waals surface area contributed by atoms with Crippen LogP contribution < -0.4 is 0 Å². The zero-order chi connectivity index (χ0) is 29.9. The molecule has 7 nitrogen and oxygen atoms in total. The van der Waals surface area contributed by atoms with Crippen molar-refractivity contribution in [3.8, 4) is 11.4 Å². The molecule has 13 heteroatoms. The van der Waals surface area contributed by atoms with E-state index in [-0.39, 0.29) is 22.4 Å². The fourth-order valence-corrected chi connectivity index (χ4v) is 4.35. The van der Waals surface area contributed by atoms with Gasteiger partial charge >= 0.3 is 14.0 Å². The molecule has 0 unspecified atom stereocenters. The van der Waals surface area contributed by atoms with Gasteiger partial charge in [0.25, 0.3) is 0 Å². The quantitative estimate of drug-likeness (QED) is 0.190. The molecule has 0 amide bonds. The molecule has 0 bridgehead atoms. The molecule has 0 aliphatic carbocycles. The van der Waals surface area contributed by atoms with Gasteiger partial charge in [0.1, 0.15) is 4.60 Å². The monoisotopic (exact) mass is 801 g/mol. The first kappa shape index (κ1) is 33.8. The Labute approximate surface area is 271 Å². The number of halogens is 4. The smallest absolute Gasteiger partial charge is 0.405 e. The highest BCUT2D eigenvalue weighted by molar-refractivity contribution is 9.11. The summed E-state index contributed by atoms with van der Waals surface area (Å²) in [6.07, 6.45) is 5.27. The van der Waals surface area contributed by atoms with Gasteiger partial charge in [-0.3, -0.25) is 9.97 Å². The van der Waals surface area contributed by atoms with E-state index in [9.17, 15) is 0 Å². The summed E-state index contributed by atoms with van der Waals surface area (Å²) in [6.45, 7) is 16.2. The van der Waals surface area contributed by atoms with E-state index >= 15 is 0 Å². The van der Waals surface area contributed by atoms with Crippen LogP contribution in [0.1, 0.15) is 55.4 Å². The second kappa shape index (κ2) is 13.3. The molecule has 0 radical (unpaired) electrons. The number of nitrogens with zero attached hydrogens (tertiary/aromatic N) is 3. The Bertz CT molecular complexity index is 1130. The topological polar surface area (TPSA) is 75.6 Å². The number of aromatic nitrogens is 3. The third-order valence-corrected chi connectivity index (χ3v) is 9.05. The summed E-state index contributed by atoms with van der Waals surface area (Å²) in [5.41, 5.74) is 0.312. The zero-order valence-electron chi connectivity index (χ0n) is 23.8. The normalized spacial score (nSPS) is 19.8. The van der Waals surface area contributed by atoms with Crippen LogP contribution in [0, 0.1) is 0 Å². The van der Waals surface area contributed by atoms with Crippen molar-refractivity contribution in [2.24, 2.45) is 0 Å². The summed E-state index contributed by atoms with van der Waals surface area (Å²) >= 11 is 13.2. The fraction of sp³-hybridized carbons (Fsp3) is 0.444. The Morgan fingerprint density at radius 1 is 0.475 bits per heavy atom. The van der Waals surface area contributed by atoms with E-state index in [1.807, 2.05) is 91.8 Å². The molecule has 2 saturated heterocycles. The van der Waals surface area contributed by atoms with E-state index < -0.39 is 14.0 Å². The molecule has 0 N–H and O–H groups in total. The van der Waals surface area contributed by atoms with Gasteiger partial charge < -0.3 is 18.6 Å². The molecule has 5 rings (SSSR count). The van der Waals surface area contributed by atoms with Crippen LogP contribution in [0.15, 0.2) is 73.0 Å². The highest BCUT2D eigenvalue weighted by atomic mass is 79.9. The van der Waals surface area contributed by atoms with Crippen LogP contribution in [0.2, 0.25) is 0 Å². The molecule has 0 saturated carbocycles. The minimum Gasteiger partial charge on any atom is -0.405 e. The van der Waals surface area contributed by atoms with Gasteiger partial charge in [-0.2, -0.15) is 0 Å². The van der Waals surface area contributed by atoms with Crippen molar-refractivity contribution in [3.63, 3.8) is 0 Å². The zero-order valence-corrected chi connectivity index (χ0v) is 30.2. The van der Waals surface area contributed by atoms with Gasteiger partial charge in [0.15, 0.2) is 0 Å². The molecule has 40 heavy (non-hydrogen) atoms. The van der Waals surface area contributed by atoms with E-state index in [1.54, 1.807) is 18.6 Å². The van der Waals surface area contributed by atoms with Gasteiger partial charge in [-0.25, -0.2) is 4.98 Å². The van der Waals surface area contributed by atoms with Gasteiger partial charge in [0, 0.05) is 32.0 Å². The van der Waals surface area contributed by atoms with Crippen LogP contribution in [0.25, 0.3) is 11.4 Å². The molecule has 5 heterocycles. The molecular weight excluding hydrogens is 772 g/mol. The Hall–Kier alpha value is -0.660. The average molecular weight is 805 g/mol. The third-order valence-electron chi connectivity index (χ3n) is 7.17. The first-order valence-electron chi connectivity index (χ1n) is 12.6. The van der Waals surface area contributed by atoms with E-state index in [0.29, 0.717) is 0 Å². The Morgan fingerprint density at radius 3 is 1.00 bits per heavy atom. The molecular formula is C27H33B2Br4N3O4. The maximum atomic E-state index is 5.96. The number of hydrogen-bond acceptors (Lipinski definition) is 7. The van der Waals surface area contributed by atoms with E-state index in [1.165, 1.54) is 0 Å². The summed E-state index contributed by atoms with van der Waals surface area (Å²) in [4.78, 5) is 12.5. The maximum Gasteiger partial charge on any atom is 0.488 e. The minimum atomic E-state index is -0.476. The van der Waals surface area contributed by atoms with Crippen LogP contribution in [-0.2, 0) is 18.6 Å². The predicted octanol–water partition coefficient (Wildman–Crippen LogP) is 8.52. The Kier molecular flexibility index (Phi) is 11.3. The van der Waals surface area contributed by atoms with Crippen molar-refractivity contribution >= 4 is 77.7 Å². The second-order valence-electron chi connectivity index (χ2n) is 11.3. The van der Waals surface area contributed by atoms with Gasteiger partial charge in [-0.15, -0.1) is 0 Å². The first-order valence-corrected chi connectivity index (χ1v) is 15.8. The predicted molar refractivity (Wildman–Crippen MR) is 175 cm³/mol. The van der Waals surface area contributed by atoms with Crippen molar-refractivity contribution in [1.82, 2.24) is 15.0 Å². The summed E-state index contributed by atoms with van der Waals surface area (Å²) in [6, 6.07) is 11.6. The van der Waals surface area contributed by atoms with Crippen LogP contribution >= 0.6 is 63.7 Å². The van der Waals surface area contributed by atoms with Crippen molar-refractivity contribution in [1.29, 1.82) is 0 Å².